The average molecular weight is 325 g/mol. The topological polar surface area (TPSA) is 61.8 Å². The van der Waals surface area contributed by atoms with Crippen LogP contribution in [0.25, 0.3) is 0 Å². The van der Waals surface area contributed by atoms with E-state index in [1.165, 1.54) is 6.26 Å². The van der Waals surface area contributed by atoms with Gasteiger partial charge in [-0.15, -0.1) is 0 Å². The Morgan fingerprint density at radius 1 is 1.23 bits per heavy atom. The number of hydrogen-bond donors (Lipinski definition) is 1. The zero-order valence-electron chi connectivity index (χ0n) is 14.0. The number of rotatable bonds is 7. The lowest BCUT2D eigenvalue weighted by Crippen LogP contribution is -2.39. The van der Waals surface area contributed by atoms with Crippen molar-refractivity contribution in [3.05, 3.63) is 29.8 Å². The normalized spacial score (nSPS) is 12.3. The van der Waals surface area contributed by atoms with Gasteiger partial charge in [0, 0.05) is 26.4 Å². The number of guanidine groups is 1. The molecule has 0 unspecified atom stereocenters. The molecule has 1 rings (SSSR count). The van der Waals surface area contributed by atoms with Crippen LogP contribution in [0.5, 0.6) is 0 Å². The van der Waals surface area contributed by atoms with Crippen LogP contribution in [0.3, 0.4) is 0 Å². The minimum Gasteiger partial charge on any atom is -0.357 e. The summed E-state index contributed by atoms with van der Waals surface area (Å²) in [6.07, 6.45) is 3.49. The first kappa shape index (κ1) is 18.5. The number of nitrogens with zero attached hydrogens (tertiary/aromatic N) is 2. The van der Waals surface area contributed by atoms with Gasteiger partial charge in [-0.1, -0.05) is 25.5 Å². The summed E-state index contributed by atoms with van der Waals surface area (Å²) in [6, 6.07) is 6.90. The molecule has 6 heteroatoms. The van der Waals surface area contributed by atoms with Crippen molar-refractivity contribution in [3.63, 3.8) is 0 Å². The van der Waals surface area contributed by atoms with Crippen molar-refractivity contribution in [2.45, 2.75) is 38.1 Å². The second-order valence-electron chi connectivity index (χ2n) is 5.36. The lowest BCUT2D eigenvalue weighted by Gasteiger charge is -2.21. The quantitative estimate of drug-likeness (QED) is 0.617. The van der Waals surface area contributed by atoms with E-state index in [0.717, 1.165) is 37.5 Å². The summed E-state index contributed by atoms with van der Waals surface area (Å²) in [5, 5.41) is 3.28. The SMILES string of the molecule is CCCCN(C)C(=NCc1ccc(S(C)(=O)=O)cc1)NCC. The number of nitrogens with one attached hydrogen (secondary N) is 1. The fraction of sp³-hybridized carbons (Fsp3) is 0.562. The maximum Gasteiger partial charge on any atom is 0.193 e. The summed E-state index contributed by atoms with van der Waals surface area (Å²) < 4.78 is 22.9. The molecular weight excluding hydrogens is 298 g/mol. The van der Waals surface area contributed by atoms with Crippen molar-refractivity contribution in [2.24, 2.45) is 4.99 Å². The largest absolute Gasteiger partial charge is 0.357 e. The Morgan fingerprint density at radius 3 is 2.36 bits per heavy atom. The van der Waals surface area contributed by atoms with Crippen LogP contribution in [0.15, 0.2) is 34.2 Å². The molecule has 124 valence electrons. The molecule has 1 N–H and O–H groups in total. The summed E-state index contributed by atoms with van der Waals surface area (Å²) in [5.41, 5.74) is 0.992. The van der Waals surface area contributed by atoms with Crippen LogP contribution >= 0.6 is 0 Å². The van der Waals surface area contributed by atoms with Gasteiger partial charge in [0.25, 0.3) is 0 Å². The first-order valence-corrected chi connectivity index (χ1v) is 9.56. The molecule has 5 nitrogen and oxygen atoms in total. The fourth-order valence-electron chi connectivity index (χ4n) is 1.98. The van der Waals surface area contributed by atoms with E-state index in [9.17, 15) is 8.42 Å². The third kappa shape index (κ3) is 6.05. The van der Waals surface area contributed by atoms with Crippen LogP contribution in [-0.4, -0.2) is 45.7 Å². The summed E-state index contributed by atoms with van der Waals surface area (Å²) >= 11 is 0. The summed E-state index contributed by atoms with van der Waals surface area (Å²) in [6.45, 7) is 6.53. The van der Waals surface area contributed by atoms with Crippen molar-refractivity contribution >= 4 is 15.8 Å². The molecule has 0 aliphatic heterocycles. The molecule has 0 amide bonds. The van der Waals surface area contributed by atoms with E-state index in [1.54, 1.807) is 12.1 Å². The standard InChI is InChI=1S/C16H27N3O2S/c1-5-7-12-19(3)16(17-6-2)18-13-14-8-10-15(11-9-14)22(4,20)21/h8-11H,5-7,12-13H2,1-4H3,(H,17,18). The number of hydrogen-bond acceptors (Lipinski definition) is 3. The maximum atomic E-state index is 11.4. The highest BCUT2D eigenvalue weighted by molar-refractivity contribution is 7.90. The Morgan fingerprint density at radius 2 is 1.86 bits per heavy atom. The Hall–Kier alpha value is -1.56. The molecule has 0 spiro atoms. The van der Waals surface area contributed by atoms with Crippen LogP contribution in [0.2, 0.25) is 0 Å². The lowest BCUT2D eigenvalue weighted by molar-refractivity contribution is 0.465. The average Bonchev–Trinajstić information content (AvgIpc) is 2.48. The minimum atomic E-state index is -3.14. The predicted molar refractivity (Wildman–Crippen MR) is 91.9 cm³/mol. The second kappa shape index (κ2) is 8.78. The van der Waals surface area contributed by atoms with Crippen molar-refractivity contribution in [2.75, 3.05) is 26.4 Å². The molecule has 1 aromatic rings. The lowest BCUT2D eigenvalue weighted by atomic mass is 10.2. The smallest absolute Gasteiger partial charge is 0.193 e. The molecule has 1 aromatic carbocycles. The van der Waals surface area contributed by atoms with Crippen molar-refractivity contribution in [3.8, 4) is 0 Å². The van der Waals surface area contributed by atoms with E-state index in [1.807, 2.05) is 26.1 Å². The first-order valence-electron chi connectivity index (χ1n) is 7.67. The zero-order chi connectivity index (χ0) is 16.6. The zero-order valence-corrected chi connectivity index (χ0v) is 14.8. The molecule has 0 fully saturated rings. The third-order valence-electron chi connectivity index (χ3n) is 3.31. The van der Waals surface area contributed by atoms with E-state index in [0.29, 0.717) is 11.4 Å². The van der Waals surface area contributed by atoms with E-state index in [-0.39, 0.29) is 0 Å². The Labute approximate surface area is 134 Å². The molecule has 0 aliphatic rings. The van der Waals surface area contributed by atoms with Gasteiger partial charge in [0.2, 0.25) is 0 Å². The molecule has 0 aromatic heterocycles. The van der Waals surface area contributed by atoms with Gasteiger partial charge >= 0.3 is 0 Å². The van der Waals surface area contributed by atoms with Gasteiger partial charge in [0.1, 0.15) is 0 Å². The van der Waals surface area contributed by atoms with Gasteiger partial charge in [-0.2, -0.15) is 0 Å². The fourth-order valence-corrected chi connectivity index (χ4v) is 2.61. The van der Waals surface area contributed by atoms with Gasteiger partial charge < -0.3 is 10.2 Å². The third-order valence-corrected chi connectivity index (χ3v) is 4.43. The minimum absolute atomic E-state index is 0.340. The van der Waals surface area contributed by atoms with E-state index >= 15 is 0 Å². The van der Waals surface area contributed by atoms with Crippen molar-refractivity contribution in [1.82, 2.24) is 10.2 Å². The second-order valence-corrected chi connectivity index (χ2v) is 7.38. The molecule has 0 saturated carbocycles. The highest BCUT2D eigenvalue weighted by Gasteiger charge is 2.07. The van der Waals surface area contributed by atoms with Crippen LogP contribution in [0.1, 0.15) is 32.3 Å². The number of benzene rings is 1. The summed E-state index contributed by atoms with van der Waals surface area (Å²) in [4.78, 5) is 7.07. The van der Waals surface area contributed by atoms with Crippen LogP contribution in [0, 0.1) is 0 Å². The van der Waals surface area contributed by atoms with Crippen molar-refractivity contribution < 1.29 is 8.42 Å². The van der Waals surface area contributed by atoms with E-state index < -0.39 is 9.84 Å². The van der Waals surface area contributed by atoms with Crippen LogP contribution in [-0.2, 0) is 16.4 Å². The van der Waals surface area contributed by atoms with Gasteiger partial charge in [-0.25, -0.2) is 13.4 Å². The predicted octanol–water partition coefficient (Wildman–Crippen LogP) is 2.29. The molecule has 22 heavy (non-hydrogen) atoms. The molecule has 0 aliphatic carbocycles. The molecule has 0 bridgehead atoms. The molecular formula is C16H27N3O2S. The van der Waals surface area contributed by atoms with Gasteiger partial charge in [-0.05, 0) is 31.0 Å². The first-order chi connectivity index (χ1) is 10.4. The molecule has 0 radical (unpaired) electrons. The number of unbranched alkanes of at least 4 members (excludes halogenated alkanes) is 1. The molecule has 0 atom stereocenters. The van der Waals surface area contributed by atoms with Gasteiger partial charge in [-0.3, -0.25) is 0 Å². The van der Waals surface area contributed by atoms with Crippen LogP contribution in [0.4, 0.5) is 0 Å². The van der Waals surface area contributed by atoms with Gasteiger partial charge in [0.05, 0.1) is 11.4 Å². The maximum absolute atomic E-state index is 11.4. The van der Waals surface area contributed by atoms with E-state index in [4.69, 9.17) is 0 Å². The Bertz CT molecular complexity index is 580. The molecule has 0 saturated heterocycles. The van der Waals surface area contributed by atoms with E-state index in [2.05, 4.69) is 22.1 Å². The monoisotopic (exact) mass is 325 g/mol. The van der Waals surface area contributed by atoms with Gasteiger partial charge in [0.15, 0.2) is 15.8 Å². The molecule has 0 heterocycles. The number of sulfone groups is 1. The Balaban J connectivity index is 2.77. The highest BCUT2D eigenvalue weighted by atomic mass is 32.2. The number of aliphatic imine (C=N–C) groups is 1. The summed E-state index contributed by atoms with van der Waals surface area (Å²) in [5.74, 6) is 0.878. The summed E-state index contributed by atoms with van der Waals surface area (Å²) in [7, 11) is -1.11. The van der Waals surface area contributed by atoms with Crippen LogP contribution < -0.4 is 5.32 Å². The Kier molecular flexibility index (Phi) is 7.38. The van der Waals surface area contributed by atoms with Crippen molar-refractivity contribution in [1.29, 1.82) is 0 Å². The highest BCUT2D eigenvalue weighted by Crippen LogP contribution is 2.11.